The van der Waals surface area contributed by atoms with Gasteiger partial charge in [-0.25, -0.2) is 4.68 Å². The molecule has 1 aliphatic heterocycles. The van der Waals surface area contributed by atoms with Crippen LogP contribution in [0.3, 0.4) is 0 Å². The van der Waals surface area contributed by atoms with Crippen molar-refractivity contribution in [3.05, 3.63) is 23.2 Å². The molecule has 0 saturated carbocycles. The monoisotopic (exact) mass is 265 g/mol. The van der Waals surface area contributed by atoms with E-state index in [0.29, 0.717) is 23.1 Å². The van der Waals surface area contributed by atoms with Crippen LogP contribution in [-0.2, 0) is 4.74 Å². The van der Waals surface area contributed by atoms with E-state index in [4.69, 9.17) is 22.1 Å². The Hall–Kier alpha value is -1.66. The minimum Gasteiger partial charge on any atom is -0.398 e. The van der Waals surface area contributed by atoms with Crippen molar-refractivity contribution in [2.24, 2.45) is 0 Å². The predicted molar refractivity (Wildman–Crippen MR) is 67.1 cm³/mol. The fourth-order valence-electron chi connectivity index (χ4n) is 2.03. The van der Waals surface area contributed by atoms with Gasteiger partial charge in [0.25, 0.3) is 0 Å². The fraction of sp³-hybridized carbons (Fsp3) is 0.364. The quantitative estimate of drug-likeness (QED) is 0.833. The molecule has 0 bridgehead atoms. The molecule has 1 fully saturated rings. The number of rotatable bonds is 2. The molecule has 7 heteroatoms. The Kier molecular flexibility index (Phi) is 2.89. The Labute approximate surface area is 109 Å². The van der Waals surface area contributed by atoms with Crippen molar-refractivity contribution >= 4 is 17.3 Å². The van der Waals surface area contributed by atoms with Crippen LogP contribution >= 0.6 is 11.6 Å². The van der Waals surface area contributed by atoms with Crippen LogP contribution in [-0.4, -0.2) is 33.4 Å². The third kappa shape index (κ3) is 1.93. The van der Waals surface area contributed by atoms with Gasteiger partial charge >= 0.3 is 0 Å². The number of hydrogen-bond acceptors (Lipinski definition) is 5. The molecule has 2 N–H and O–H groups in total. The van der Waals surface area contributed by atoms with Gasteiger partial charge in [-0.05, 0) is 35.0 Å². The molecule has 0 aliphatic carbocycles. The summed E-state index contributed by atoms with van der Waals surface area (Å²) in [5, 5.41) is 12.3. The van der Waals surface area contributed by atoms with E-state index in [1.54, 1.807) is 16.8 Å². The lowest BCUT2D eigenvalue weighted by Gasteiger charge is -2.10. The number of aromatic nitrogens is 4. The van der Waals surface area contributed by atoms with Gasteiger partial charge in [0.05, 0.1) is 23.4 Å². The molecule has 0 radical (unpaired) electrons. The molecule has 6 nitrogen and oxygen atoms in total. The van der Waals surface area contributed by atoms with Crippen molar-refractivity contribution in [1.29, 1.82) is 0 Å². The van der Waals surface area contributed by atoms with Crippen LogP contribution in [0, 0.1) is 0 Å². The van der Waals surface area contributed by atoms with Gasteiger partial charge in [0.2, 0.25) is 0 Å². The van der Waals surface area contributed by atoms with Gasteiger partial charge in [-0.1, -0.05) is 11.6 Å². The zero-order valence-corrected chi connectivity index (χ0v) is 10.3. The van der Waals surface area contributed by atoms with Crippen LogP contribution in [0.5, 0.6) is 0 Å². The average Bonchev–Trinajstić information content (AvgIpc) is 3.00. The Morgan fingerprint density at radius 2 is 2.33 bits per heavy atom. The van der Waals surface area contributed by atoms with Crippen LogP contribution < -0.4 is 5.73 Å². The molecule has 2 aromatic rings. The number of anilines is 1. The molecule has 94 valence electrons. The molecule has 3 rings (SSSR count). The summed E-state index contributed by atoms with van der Waals surface area (Å²) in [6.07, 6.45) is 0.918. The molecule has 0 amide bonds. The molecule has 1 saturated heterocycles. The molecule has 1 aromatic heterocycles. The normalized spacial score (nSPS) is 19.3. The van der Waals surface area contributed by atoms with Gasteiger partial charge in [-0.15, -0.1) is 5.10 Å². The highest BCUT2D eigenvalue weighted by Crippen LogP contribution is 2.28. The molecular weight excluding hydrogens is 254 g/mol. The number of halogens is 1. The summed E-state index contributed by atoms with van der Waals surface area (Å²) in [4.78, 5) is 0. The predicted octanol–water partition coefficient (Wildman–Crippen LogP) is 1.54. The first-order chi connectivity index (χ1) is 8.75. The van der Waals surface area contributed by atoms with Crippen molar-refractivity contribution in [2.75, 3.05) is 18.9 Å². The van der Waals surface area contributed by atoms with Crippen LogP contribution in [0.1, 0.15) is 12.5 Å². The number of hydrogen-bond donors (Lipinski definition) is 1. The summed E-state index contributed by atoms with van der Waals surface area (Å²) in [7, 11) is 0. The van der Waals surface area contributed by atoms with Gasteiger partial charge in [0.15, 0.2) is 5.82 Å². The third-order valence-corrected chi connectivity index (χ3v) is 3.34. The highest BCUT2D eigenvalue weighted by Gasteiger charge is 2.22. The molecule has 1 aliphatic rings. The van der Waals surface area contributed by atoms with Gasteiger partial charge in [-0.2, -0.15) is 0 Å². The second kappa shape index (κ2) is 4.55. The van der Waals surface area contributed by atoms with Gasteiger partial charge in [-0.3, -0.25) is 0 Å². The zero-order valence-electron chi connectivity index (χ0n) is 9.58. The molecule has 1 aromatic carbocycles. The number of tetrazole rings is 1. The number of benzene rings is 1. The van der Waals surface area contributed by atoms with Crippen LogP contribution in [0.4, 0.5) is 5.69 Å². The number of nitrogen functional groups attached to an aromatic ring is 1. The highest BCUT2D eigenvalue weighted by molar-refractivity contribution is 6.33. The van der Waals surface area contributed by atoms with E-state index in [9.17, 15) is 0 Å². The van der Waals surface area contributed by atoms with Crippen molar-refractivity contribution < 1.29 is 4.74 Å². The summed E-state index contributed by atoms with van der Waals surface area (Å²) in [5.74, 6) is 0.689. The Bertz CT molecular complexity index is 564. The first-order valence-corrected chi connectivity index (χ1v) is 6.04. The Morgan fingerprint density at radius 1 is 1.44 bits per heavy atom. The maximum Gasteiger partial charge on any atom is 0.182 e. The smallest absolute Gasteiger partial charge is 0.182 e. The Balaban J connectivity index is 2.00. The van der Waals surface area contributed by atoms with Gasteiger partial charge < -0.3 is 10.5 Å². The summed E-state index contributed by atoms with van der Waals surface area (Å²) in [5.41, 5.74) is 7.17. The van der Waals surface area contributed by atoms with Gasteiger partial charge in [0, 0.05) is 12.2 Å². The topological polar surface area (TPSA) is 78.9 Å². The SMILES string of the molecule is Nc1cc(-c2nnnn2C2CCOC2)ccc1Cl. The van der Waals surface area contributed by atoms with E-state index in [1.165, 1.54) is 0 Å². The van der Waals surface area contributed by atoms with E-state index in [0.717, 1.165) is 18.6 Å². The van der Waals surface area contributed by atoms with Crippen molar-refractivity contribution in [3.8, 4) is 11.4 Å². The summed E-state index contributed by atoms with van der Waals surface area (Å²) < 4.78 is 7.14. The molecule has 1 unspecified atom stereocenters. The zero-order chi connectivity index (χ0) is 12.5. The first-order valence-electron chi connectivity index (χ1n) is 5.66. The largest absolute Gasteiger partial charge is 0.398 e. The number of nitrogens with zero attached hydrogens (tertiary/aromatic N) is 4. The molecule has 18 heavy (non-hydrogen) atoms. The van der Waals surface area contributed by atoms with E-state index in [2.05, 4.69) is 15.5 Å². The molecule has 1 atom stereocenters. The van der Waals surface area contributed by atoms with Crippen LogP contribution in [0.15, 0.2) is 18.2 Å². The standard InChI is InChI=1S/C11H12ClN5O/c12-9-2-1-7(5-10(9)13)11-14-15-16-17(11)8-3-4-18-6-8/h1-2,5,8H,3-4,6,13H2. The number of ether oxygens (including phenoxy) is 1. The Morgan fingerprint density at radius 3 is 3.06 bits per heavy atom. The maximum absolute atomic E-state index is 5.91. The lowest BCUT2D eigenvalue weighted by molar-refractivity contribution is 0.184. The third-order valence-electron chi connectivity index (χ3n) is 3.00. The van der Waals surface area contributed by atoms with Crippen LogP contribution in [0.2, 0.25) is 5.02 Å². The van der Waals surface area contributed by atoms with Gasteiger partial charge in [0.1, 0.15) is 0 Å². The van der Waals surface area contributed by atoms with Crippen LogP contribution in [0.25, 0.3) is 11.4 Å². The second-order valence-corrected chi connectivity index (χ2v) is 4.61. The minimum absolute atomic E-state index is 0.187. The van der Waals surface area contributed by atoms with Crippen molar-refractivity contribution in [3.63, 3.8) is 0 Å². The van der Waals surface area contributed by atoms with Crippen molar-refractivity contribution in [2.45, 2.75) is 12.5 Å². The minimum atomic E-state index is 0.187. The van der Waals surface area contributed by atoms with Crippen molar-refractivity contribution in [1.82, 2.24) is 20.2 Å². The summed E-state index contributed by atoms with van der Waals surface area (Å²) in [6.45, 7) is 1.38. The highest BCUT2D eigenvalue weighted by atomic mass is 35.5. The molecule has 2 heterocycles. The van der Waals surface area contributed by atoms with E-state index in [1.807, 2.05) is 6.07 Å². The molecule has 0 spiro atoms. The van der Waals surface area contributed by atoms with E-state index >= 15 is 0 Å². The lowest BCUT2D eigenvalue weighted by atomic mass is 10.1. The summed E-state index contributed by atoms with van der Waals surface area (Å²) in [6, 6.07) is 5.57. The fourth-order valence-corrected chi connectivity index (χ4v) is 2.14. The number of nitrogens with two attached hydrogens (primary N) is 1. The first kappa shape index (κ1) is 11.4. The summed E-state index contributed by atoms with van der Waals surface area (Å²) >= 11 is 5.91. The average molecular weight is 266 g/mol. The maximum atomic E-state index is 5.91. The lowest BCUT2D eigenvalue weighted by Crippen LogP contribution is -2.12. The van der Waals surface area contributed by atoms with E-state index in [-0.39, 0.29) is 6.04 Å². The van der Waals surface area contributed by atoms with E-state index < -0.39 is 0 Å². The second-order valence-electron chi connectivity index (χ2n) is 4.20. The molecular formula is C11H12ClN5O.